The lowest BCUT2D eigenvalue weighted by Gasteiger charge is -2.41. The fraction of sp³-hybridized carbons (Fsp3) is 0.412. The number of allylic oxidation sites excluding steroid dienone is 1. The van der Waals surface area contributed by atoms with Crippen molar-refractivity contribution in [2.45, 2.75) is 19.5 Å². The highest BCUT2D eigenvalue weighted by atomic mass is 35.5. The number of nitriles is 2. The first-order valence-corrected chi connectivity index (χ1v) is 9.09. The van der Waals surface area contributed by atoms with Gasteiger partial charge in [0, 0.05) is 24.7 Å². The van der Waals surface area contributed by atoms with Gasteiger partial charge in [-0.1, -0.05) is 43.7 Å². The van der Waals surface area contributed by atoms with Gasteiger partial charge in [-0.05, 0) is 17.7 Å². The Morgan fingerprint density at radius 1 is 1.29 bits per heavy atom. The molecule has 1 rings (SSSR count). The molecule has 0 N–H and O–H groups in total. The fourth-order valence-electron chi connectivity index (χ4n) is 2.58. The van der Waals surface area contributed by atoms with Gasteiger partial charge in [0.2, 0.25) is 0 Å². The first kappa shape index (κ1) is 20.4. The quantitative estimate of drug-likeness (QED) is 0.494. The van der Waals surface area contributed by atoms with E-state index in [4.69, 9.17) is 20.6 Å². The maximum absolute atomic E-state index is 13.3. The first-order chi connectivity index (χ1) is 11.2. The summed E-state index contributed by atoms with van der Waals surface area (Å²) < 4.78 is 23.6. The van der Waals surface area contributed by atoms with Crippen molar-refractivity contribution in [1.82, 2.24) is 0 Å². The van der Waals surface area contributed by atoms with E-state index >= 15 is 0 Å². The molecule has 128 valence electrons. The molecule has 0 aliphatic heterocycles. The van der Waals surface area contributed by atoms with E-state index in [1.807, 2.05) is 12.1 Å². The molecule has 0 spiro atoms. The van der Waals surface area contributed by atoms with Gasteiger partial charge in [0.25, 0.3) is 0 Å². The van der Waals surface area contributed by atoms with Crippen molar-refractivity contribution in [3.63, 3.8) is 0 Å². The summed E-state index contributed by atoms with van der Waals surface area (Å²) in [7, 11) is -1.40. The lowest BCUT2D eigenvalue weighted by atomic mass is 9.64. The molecule has 24 heavy (non-hydrogen) atoms. The van der Waals surface area contributed by atoms with Crippen molar-refractivity contribution in [3.8, 4) is 12.1 Å². The van der Waals surface area contributed by atoms with Crippen LogP contribution >= 0.6 is 19.2 Å². The lowest BCUT2D eigenvalue weighted by Crippen LogP contribution is -2.40. The molecule has 0 heterocycles. The van der Waals surface area contributed by atoms with E-state index < -0.39 is 24.1 Å². The molecule has 0 fully saturated rings. The zero-order valence-electron chi connectivity index (χ0n) is 14.1. The highest BCUT2D eigenvalue weighted by molar-refractivity contribution is 7.54. The Kier molecular flexibility index (Phi) is 6.39. The molecule has 1 atom stereocenters. The summed E-state index contributed by atoms with van der Waals surface area (Å²) in [5, 5.41) is 20.2. The SMILES string of the molecule is C=CC(C)(C)C(C#N)(C#N)C(c1cccc(Cl)c1)P(=O)(OC)OC. The second-order valence-electron chi connectivity index (χ2n) is 5.82. The monoisotopic (exact) mass is 366 g/mol. The van der Waals surface area contributed by atoms with Crippen LogP contribution in [-0.4, -0.2) is 14.2 Å². The predicted molar refractivity (Wildman–Crippen MR) is 93.5 cm³/mol. The van der Waals surface area contributed by atoms with E-state index in [9.17, 15) is 15.1 Å². The lowest BCUT2D eigenvalue weighted by molar-refractivity contribution is 0.201. The van der Waals surface area contributed by atoms with Crippen LogP contribution in [0.1, 0.15) is 25.1 Å². The van der Waals surface area contributed by atoms with Crippen molar-refractivity contribution >= 4 is 19.2 Å². The zero-order valence-corrected chi connectivity index (χ0v) is 15.8. The number of hydrogen-bond donors (Lipinski definition) is 0. The van der Waals surface area contributed by atoms with E-state index in [1.165, 1.54) is 20.3 Å². The van der Waals surface area contributed by atoms with E-state index in [2.05, 4.69) is 6.58 Å². The highest BCUT2D eigenvalue weighted by Crippen LogP contribution is 2.69. The fourth-order valence-corrected chi connectivity index (χ4v) is 4.80. The molecule has 0 bridgehead atoms. The number of hydrogen-bond acceptors (Lipinski definition) is 5. The third-order valence-corrected chi connectivity index (χ3v) is 6.85. The Labute approximate surface area is 148 Å². The average molecular weight is 367 g/mol. The van der Waals surface area contributed by atoms with Gasteiger partial charge in [0.05, 0.1) is 12.1 Å². The molecular formula is C17H20ClN2O3P. The maximum Gasteiger partial charge on any atom is 0.340 e. The van der Waals surface area contributed by atoms with Gasteiger partial charge in [0.1, 0.15) is 5.66 Å². The van der Waals surface area contributed by atoms with Gasteiger partial charge in [0.15, 0.2) is 5.41 Å². The first-order valence-electron chi connectivity index (χ1n) is 7.10. The Hall–Kier alpha value is -1.62. The molecule has 0 aliphatic rings. The largest absolute Gasteiger partial charge is 0.340 e. The van der Waals surface area contributed by atoms with Crippen molar-refractivity contribution in [1.29, 1.82) is 10.5 Å². The third-order valence-electron chi connectivity index (χ3n) is 4.28. The Bertz CT molecular complexity index is 727. The summed E-state index contributed by atoms with van der Waals surface area (Å²) in [6.07, 6.45) is 1.49. The molecule has 0 amide bonds. The van der Waals surface area contributed by atoms with Crippen LogP contribution in [0.25, 0.3) is 0 Å². The van der Waals surface area contributed by atoms with E-state index in [-0.39, 0.29) is 0 Å². The third kappa shape index (κ3) is 3.27. The van der Waals surface area contributed by atoms with Gasteiger partial charge < -0.3 is 9.05 Å². The Balaban J connectivity index is 3.89. The minimum absolute atomic E-state index is 0.387. The van der Waals surface area contributed by atoms with Crippen LogP contribution in [0.5, 0.6) is 0 Å². The topological polar surface area (TPSA) is 83.1 Å². The molecule has 0 radical (unpaired) electrons. The van der Waals surface area contributed by atoms with Crippen LogP contribution in [0.2, 0.25) is 5.02 Å². The molecule has 0 aromatic heterocycles. The van der Waals surface area contributed by atoms with Gasteiger partial charge >= 0.3 is 7.60 Å². The summed E-state index contributed by atoms with van der Waals surface area (Å²) in [5.74, 6) is 0. The minimum atomic E-state index is -3.85. The van der Waals surface area contributed by atoms with E-state index in [0.717, 1.165) is 0 Å². The smallest absolute Gasteiger partial charge is 0.311 e. The molecule has 0 saturated heterocycles. The molecule has 7 heteroatoms. The predicted octanol–water partition coefficient (Wildman–Crippen LogP) is 5.11. The van der Waals surface area contributed by atoms with Gasteiger partial charge in [-0.3, -0.25) is 4.57 Å². The Morgan fingerprint density at radius 2 is 1.83 bits per heavy atom. The standard InChI is InChI=1S/C17H20ClN2O3P/c1-6-16(2,3)17(11-19,12-20)15(24(21,22-4)23-5)13-8-7-9-14(18)10-13/h6-10,15H,1H2,2-5H3. The molecule has 1 aromatic carbocycles. The van der Waals surface area contributed by atoms with Crippen LogP contribution in [0.15, 0.2) is 36.9 Å². The van der Waals surface area contributed by atoms with Crippen LogP contribution in [0.3, 0.4) is 0 Å². The summed E-state index contributed by atoms with van der Waals surface area (Å²) in [6.45, 7) is 7.08. The van der Waals surface area contributed by atoms with Gasteiger partial charge in [-0.25, -0.2) is 0 Å². The molecule has 0 aliphatic carbocycles. The second-order valence-corrected chi connectivity index (χ2v) is 8.58. The second kappa shape index (κ2) is 7.51. The summed E-state index contributed by atoms with van der Waals surface area (Å²) in [5.41, 5.74) is -3.49. The molecule has 1 aromatic rings. The van der Waals surface area contributed by atoms with Crippen LogP contribution in [0.4, 0.5) is 0 Å². The van der Waals surface area contributed by atoms with Gasteiger partial charge in [-0.2, -0.15) is 10.5 Å². The number of rotatable bonds is 7. The van der Waals surface area contributed by atoms with Gasteiger partial charge in [-0.15, -0.1) is 6.58 Å². The molecule has 0 saturated carbocycles. The average Bonchev–Trinajstić information content (AvgIpc) is 2.58. The van der Waals surface area contributed by atoms with E-state index in [1.54, 1.807) is 38.1 Å². The summed E-state index contributed by atoms with van der Waals surface area (Å²) >= 11 is 6.05. The number of halogens is 1. The molecule has 5 nitrogen and oxygen atoms in total. The van der Waals surface area contributed by atoms with Crippen LogP contribution < -0.4 is 0 Å². The number of benzene rings is 1. The summed E-state index contributed by atoms with van der Waals surface area (Å²) in [4.78, 5) is 0. The molecule has 1 unspecified atom stereocenters. The molecular weight excluding hydrogens is 347 g/mol. The Morgan fingerprint density at radius 3 is 2.21 bits per heavy atom. The zero-order chi connectivity index (χ0) is 18.6. The van der Waals surface area contributed by atoms with Crippen molar-refractivity contribution in [2.75, 3.05) is 14.2 Å². The van der Waals surface area contributed by atoms with E-state index in [0.29, 0.717) is 10.6 Å². The van der Waals surface area contributed by atoms with Crippen LogP contribution in [0, 0.1) is 33.5 Å². The van der Waals surface area contributed by atoms with Crippen molar-refractivity contribution < 1.29 is 13.6 Å². The van der Waals surface area contributed by atoms with Crippen molar-refractivity contribution in [2.24, 2.45) is 10.8 Å². The maximum atomic E-state index is 13.3. The van der Waals surface area contributed by atoms with Crippen LogP contribution in [-0.2, 0) is 13.6 Å². The minimum Gasteiger partial charge on any atom is -0.311 e. The normalized spacial score (nSPS) is 13.6. The number of nitrogens with zero attached hydrogens (tertiary/aromatic N) is 2. The summed E-state index contributed by atoms with van der Waals surface area (Å²) in [6, 6.07) is 10.6. The highest BCUT2D eigenvalue weighted by Gasteiger charge is 2.59. The van der Waals surface area contributed by atoms with Crippen molar-refractivity contribution in [3.05, 3.63) is 47.5 Å².